The van der Waals surface area contributed by atoms with Gasteiger partial charge in [0.05, 0.1) is 6.07 Å². The van der Waals surface area contributed by atoms with Crippen LogP contribution in [0, 0.1) is 28.0 Å². The van der Waals surface area contributed by atoms with Gasteiger partial charge in [0.1, 0.15) is 17.1 Å². The van der Waals surface area contributed by atoms with Crippen molar-refractivity contribution in [2.45, 2.75) is 13.8 Å². The summed E-state index contributed by atoms with van der Waals surface area (Å²) in [5, 5.41) is 16.5. The molecular formula is C12H13FN4. The van der Waals surface area contributed by atoms with E-state index >= 15 is 0 Å². The summed E-state index contributed by atoms with van der Waals surface area (Å²) in [4.78, 5) is 3.85. The second-order valence-electron chi connectivity index (χ2n) is 4.09. The van der Waals surface area contributed by atoms with Crippen molar-refractivity contribution in [3.8, 4) is 6.07 Å². The van der Waals surface area contributed by atoms with E-state index in [1.807, 2.05) is 6.07 Å². The largest absolute Gasteiger partial charge is 0.386 e. The number of benzene rings is 1. The molecule has 88 valence electrons. The van der Waals surface area contributed by atoms with Crippen molar-refractivity contribution in [2.75, 3.05) is 0 Å². The lowest BCUT2D eigenvalue weighted by Gasteiger charge is -2.14. The van der Waals surface area contributed by atoms with Crippen LogP contribution in [0.3, 0.4) is 0 Å². The molecule has 0 bridgehead atoms. The van der Waals surface area contributed by atoms with Gasteiger partial charge in [0.2, 0.25) is 0 Å². The van der Waals surface area contributed by atoms with Gasteiger partial charge in [-0.1, -0.05) is 0 Å². The van der Waals surface area contributed by atoms with Crippen LogP contribution in [0.2, 0.25) is 0 Å². The third-order valence-electron chi connectivity index (χ3n) is 2.27. The molecule has 5 heteroatoms. The molecule has 0 fully saturated rings. The van der Waals surface area contributed by atoms with Crippen LogP contribution in [-0.4, -0.2) is 11.7 Å². The topological polar surface area (TPSA) is 86.0 Å². The first-order chi connectivity index (χ1) is 7.86. The fraction of sp³-hybridized carbons (Fsp3) is 0.250. The second kappa shape index (κ2) is 4.74. The first-order valence-electron chi connectivity index (χ1n) is 4.97. The highest BCUT2D eigenvalue weighted by molar-refractivity contribution is 6.06. The van der Waals surface area contributed by atoms with Crippen LogP contribution < -0.4 is 5.73 Å². The summed E-state index contributed by atoms with van der Waals surface area (Å²) < 4.78 is 12.7. The van der Waals surface area contributed by atoms with Gasteiger partial charge in [0.25, 0.3) is 0 Å². The van der Waals surface area contributed by atoms with Crippen LogP contribution in [0.4, 0.5) is 4.39 Å². The smallest absolute Gasteiger partial charge is 0.153 e. The first kappa shape index (κ1) is 12.8. The van der Waals surface area contributed by atoms with Gasteiger partial charge in [-0.05, 0) is 38.1 Å². The molecule has 0 unspecified atom stereocenters. The number of aliphatic imine (C=N–C) groups is 1. The van der Waals surface area contributed by atoms with Gasteiger partial charge in [-0.25, -0.2) is 9.38 Å². The van der Waals surface area contributed by atoms with Crippen LogP contribution in [0.1, 0.15) is 19.4 Å². The molecule has 0 aliphatic rings. The Labute approximate surface area is 99.1 Å². The molecule has 3 N–H and O–H groups in total. The van der Waals surface area contributed by atoms with Crippen molar-refractivity contribution in [2.24, 2.45) is 16.1 Å². The van der Waals surface area contributed by atoms with Crippen LogP contribution in [0.15, 0.2) is 29.3 Å². The van der Waals surface area contributed by atoms with E-state index in [1.54, 1.807) is 13.8 Å². The monoisotopic (exact) mass is 232 g/mol. The van der Waals surface area contributed by atoms with Crippen LogP contribution in [0.5, 0.6) is 0 Å². The summed E-state index contributed by atoms with van der Waals surface area (Å²) in [7, 11) is 0. The minimum Gasteiger partial charge on any atom is -0.386 e. The van der Waals surface area contributed by atoms with Gasteiger partial charge in [-0.3, -0.25) is 5.41 Å². The number of nitrogens with zero attached hydrogens (tertiary/aromatic N) is 2. The lowest BCUT2D eigenvalue weighted by Crippen LogP contribution is -2.31. The molecule has 0 aliphatic carbocycles. The zero-order valence-electron chi connectivity index (χ0n) is 9.66. The number of nitrogens with one attached hydrogen (secondary N) is 1. The third-order valence-corrected chi connectivity index (χ3v) is 2.27. The molecule has 1 aromatic carbocycles. The van der Waals surface area contributed by atoms with Gasteiger partial charge in [0.15, 0.2) is 5.84 Å². The minimum atomic E-state index is -0.924. The Morgan fingerprint density at radius 3 is 2.41 bits per heavy atom. The van der Waals surface area contributed by atoms with Crippen LogP contribution in [0.25, 0.3) is 0 Å². The molecular weight excluding hydrogens is 219 g/mol. The van der Waals surface area contributed by atoms with Crippen LogP contribution in [-0.2, 0) is 0 Å². The molecule has 0 amide bonds. The lowest BCUT2D eigenvalue weighted by molar-refractivity contribution is 0.627. The quantitative estimate of drug-likeness (QED) is 0.604. The number of hydrogen-bond donors (Lipinski definition) is 2. The van der Waals surface area contributed by atoms with E-state index in [0.29, 0.717) is 5.56 Å². The average Bonchev–Trinajstić information content (AvgIpc) is 2.29. The molecule has 4 nitrogen and oxygen atoms in total. The molecule has 0 aromatic heterocycles. The maximum absolute atomic E-state index is 12.7. The van der Waals surface area contributed by atoms with Crippen molar-refractivity contribution < 1.29 is 4.39 Å². The zero-order chi connectivity index (χ0) is 13.1. The van der Waals surface area contributed by atoms with Crippen molar-refractivity contribution >= 4 is 11.7 Å². The first-order valence-corrected chi connectivity index (χ1v) is 4.97. The standard InChI is InChI=1S/C12H13FN4/c1-12(2,7-14)11(16)17-10(15)8-3-5-9(13)6-4-8/h3-6H,1-2H3,(H3,15,16,17). The fourth-order valence-corrected chi connectivity index (χ4v) is 0.990. The van der Waals surface area contributed by atoms with Gasteiger partial charge >= 0.3 is 0 Å². The summed E-state index contributed by atoms with van der Waals surface area (Å²) in [6.45, 7) is 3.23. The Bertz CT molecular complexity index is 494. The maximum Gasteiger partial charge on any atom is 0.153 e. The molecule has 17 heavy (non-hydrogen) atoms. The third kappa shape index (κ3) is 3.11. The molecule has 0 saturated heterocycles. The SMILES string of the molecule is CC(C)(C#N)C(N)=NC(=N)c1ccc(F)cc1. The molecule has 0 saturated carbocycles. The molecule has 1 rings (SSSR count). The van der Waals surface area contributed by atoms with Crippen molar-refractivity contribution in [1.82, 2.24) is 0 Å². The summed E-state index contributed by atoms with van der Waals surface area (Å²) in [6.07, 6.45) is 0. The predicted octanol–water partition coefficient (Wildman–Crippen LogP) is 2.06. The van der Waals surface area contributed by atoms with Crippen molar-refractivity contribution in [3.05, 3.63) is 35.6 Å². The molecule has 0 atom stereocenters. The Balaban J connectivity index is 2.97. The Hall–Kier alpha value is -2.22. The number of hydrogen-bond acceptors (Lipinski definition) is 2. The van der Waals surface area contributed by atoms with Crippen molar-refractivity contribution in [1.29, 1.82) is 10.7 Å². The van der Waals surface area contributed by atoms with Gasteiger partial charge in [-0.15, -0.1) is 0 Å². The highest BCUT2D eigenvalue weighted by Gasteiger charge is 2.22. The van der Waals surface area contributed by atoms with E-state index < -0.39 is 5.41 Å². The van der Waals surface area contributed by atoms with E-state index in [9.17, 15) is 4.39 Å². The highest BCUT2D eigenvalue weighted by atomic mass is 19.1. The molecule has 0 radical (unpaired) electrons. The fourth-order valence-electron chi connectivity index (χ4n) is 0.990. The maximum atomic E-state index is 12.7. The second-order valence-corrected chi connectivity index (χ2v) is 4.09. The molecule has 0 heterocycles. The van der Waals surface area contributed by atoms with E-state index in [0.717, 1.165) is 0 Å². The molecule has 0 spiro atoms. The molecule has 1 aromatic rings. The Morgan fingerprint density at radius 2 is 1.94 bits per heavy atom. The number of amidine groups is 2. The summed E-state index contributed by atoms with van der Waals surface area (Å²) in [5.41, 5.74) is 5.17. The number of nitrogens with two attached hydrogens (primary N) is 1. The predicted molar refractivity (Wildman–Crippen MR) is 64.2 cm³/mol. The van der Waals surface area contributed by atoms with E-state index in [2.05, 4.69) is 4.99 Å². The average molecular weight is 232 g/mol. The van der Waals surface area contributed by atoms with Crippen LogP contribution >= 0.6 is 0 Å². The normalized spacial score (nSPS) is 12.0. The Morgan fingerprint density at radius 1 is 1.41 bits per heavy atom. The zero-order valence-corrected chi connectivity index (χ0v) is 9.66. The summed E-state index contributed by atoms with van der Waals surface area (Å²) in [5.74, 6) is -0.406. The Kier molecular flexibility index (Phi) is 3.59. The highest BCUT2D eigenvalue weighted by Crippen LogP contribution is 2.14. The lowest BCUT2D eigenvalue weighted by atomic mass is 9.94. The van der Waals surface area contributed by atoms with Gasteiger partial charge < -0.3 is 5.73 Å². The number of rotatable bonds is 2. The summed E-state index contributed by atoms with van der Waals surface area (Å²) >= 11 is 0. The minimum absolute atomic E-state index is 0.0642. The van der Waals surface area contributed by atoms with E-state index in [-0.39, 0.29) is 17.5 Å². The summed E-state index contributed by atoms with van der Waals surface area (Å²) in [6, 6.07) is 7.35. The molecule has 0 aliphatic heterocycles. The van der Waals surface area contributed by atoms with Gasteiger partial charge in [0, 0.05) is 5.56 Å². The van der Waals surface area contributed by atoms with E-state index in [1.165, 1.54) is 24.3 Å². The van der Waals surface area contributed by atoms with E-state index in [4.69, 9.17) is 16.4 Å². The number of halogens is 1. The number of nitriles is 1. The van der Waals surface area contributed by atoms with Crippen molar-refractivity contribution in [3.63, 3.8) is 0 Å². The van der Waals surface area contributed by atoms with Gasteiger partial charge in [-0.2, -0.15) is 5.26 Å².